The molecule has 5 rings (SSSR count). The molecule has 242 valence electrons. The lowest BCUT2D eigenvalue weighted by Crippen LogP contribution is -2.42. The van der Waals surface area contributed by atoms with E-state index in [0.717, 1.165) is 16.0 Å². The molecule has 4 aromatic carbocycles. The second-order valence-corrected chi connectivity index (χ2v) is 12.7. The van der Waals surface area contributed by atoms with Gasteiger partial charge < -0.3 is 21.1 Å². The van der Waals surface area contributed by atoms with Crippen LogP contribution in [0.15, 0.2) is 113 Å². The van der Waals surface area contributed by atoms with E-state index >= 15 is 0 Å². The first-order chi connectivity index (χ1) is 22.4. The van der Waals surface area contributed by atoms with Gasteiger partial charge in [0.2, 0.25) is 0 Å². The Balaban J connectivity index is 1.20. The molecule has 5 aromatic rings. The highest BCUT2D eigenvalue weighted by molar-refractivity contribution is 8.00. The van der Waals surface area contributed by atoms with Crippen LogP contribution in [0.2, 0.25) is 5.02 Å². The number of rotatable bonds is 10. The lowest BCUT2D eigenvalue weighted by Gasteiger charge is -2.12. The van der Waals surface area contributed by atoms with E-state index in [2.05, 4.69) is 10.6 Å². The van der Waals surface area contributed by atoms with E-state index in [0.29, 0.717) is 27.4 Å². The van der Waals surface area contributed by atoms with E-state index in [1.165, 1.54) is 34.7 Å². The molecule has 0 radical (unpaired) electrons. The van der Waals surface area contributed by atoms with Gasteiger partial charge in [0, 0.05) is 37.8 Å². The normalized spacial score (nSPS) is 12.0. The van der Waals surface area contributed by atoms with Gasteiger partial charge in [-0.15, -0.1) is 11.8 Å². The average molecular weight is 699 g/mol. The molecule has 2 amide bonds. The second-order valence-electron chi connectivity index (χ2n) is 10.1. The summed E-state index contributed by atoms with van der Waals surface area (Å²) in [4.78, 5) is 39.8. The monoisotopic (exact) mass is 698 g/mol. The number of thioether (sulfide) groups is 2. The summed E-state index contributed by atoms with van der Waals surface area (Å²) in [6, 6.07) is 24.7. The van der Waals surface area contributed by atoms with Gasteiger partial charge in [-0.2, -0.15) is 13.2 Å². The highest BCUT2D eigenvalue weighted by Crippen LogP contribution is 2.37. The van der Waals surface area contributed by atoms with Gasteiger partial charge in [0.1, 0.15) is 6.61 Å². The minimum absolute atomic E-state index is 0.0449. The number of fused-ring (bicyclic) bond motifs is 1. The molecule has 0 aliphatic carbocycles. The molecular formula is C33H26ClF3N4O4S2. The van der Waals surface area contributed by atoms with Crippen LogP contribution in [0.25, 0.3) is 10.9 Å². The SMILES string of the molecule is NC(C(=O)OCc1ccccc1)C(=O)n1cc(NC(=O)Nc2ccc(SCc3ccc(SC(F)(F)F)cc3)cc2)c2cc(Cl)ccc21. The van der Waals surface area contributed by atoms with Crippen molar-refractivity contribution in [1.82, 2.24) is 4.57 Å². The molecule has 14 heteroatoms. The lowest BCUT2D eigenvalue weighted by atomic mass is 10.2. The Kier molecular flexibility index (Phi) is 10.8. The number of aromatic nitrogens is 1. The highest BCUT2D eigenvalue weighted by Gasteiger charge is 2.29. The molecule has 0 saturated heterocycles. The lowest BCUT2D eigenvalue weighted by molar-refractivity contribution is -0.145. The first-order valence-electron chi connectivity index (χ1n) is 13.9. The van der Waals surface area contributed by atoms with E-state index in [9.17, 15) is 27.6 Å². The van der Waals surface area contributed by atoms with E-state index < -0.39 is 29.5 Å². The van der Waals surface area contributed by atoms with E-state index in [4.69, 9.17) is 22.1 Å². The molecule has 0 fully saturated rings. The van der Waals surface area contributed by atoms with Crippen molar-refractivity contribution in [2.45, 2.75) is 33.7 Å². The van der Waals surface area contributed by atoms with Crippen LogP contribution in [-0.2, 0) is 21.9 Å². The van der Waals surface area contributed by atoms with Crippen molar-refractivity contribution in [3.8, 4) is 0 Å². The zero-order valence-corrected chi connectivity index (χ0v) is 26.7. The summed E-state index contributed by atoms with van der Waals surface area (Å²) in [6.07, 6.45) is 1.36. The number of anilines is 2. The maximum absolute atomic E-state index is 13.3. The average Bonchev–Trinajstić information content (AvgIpc) is 3.39. The van der Waals surface area contributed by atoms with Gasteiger partial charge in [0.15, 0.2) is 6.04 Å². The van der Waals surface area contributed by atoms with Crippen molar-refractivity contribution < 1.29 is 32.3 Å². The summed E-state index contributed by atoms with van der Waals surface area (Å²) in [5.41, 5.74) is 4.36. The van der Waals surface area contributed by atoms with Gasteiger partial charge in [-0.1, -0.05) is 54.1 Å². The summed E-state index contributed by atoms with van der Waals surface area (Å²) in [5.74, 6) is -1.11. The predicted molar refractivity (Wildman–Crippen MR) is 179 cm³/mol. The van der Waals surface area contributed by atoms with Crippen LogP contribution in [0.1, 0.15) is 15.9 Å². The number of carbonyl (C=O) groups excluding carboxylic acids is 3. The molecule has 47 heavy (non-hydrogen) atoms. The number of hydrogen-bond donors (Lipinski definition) is 3. The fourth-order valence-corrected chi connectivity index (χ4v) is 5.99. The molecule has 0 saturated carbocycles. The van der Waals surface area contributed by atoms with Gasteiger partial charge in [-0.05, 0) is 77.5 Å². The van der Waals surface area contributed by atoms with Gasteiger partial charge in [-0.3, -0.25) is 9.36 Å². The molecule has 0 aliphatic heterocycles. The van der Waals surface area contributed by atoms with Crippen LogP contribution in [0.5, 0.6) is 0 Å². The van der Waals surface area contributed by atoms with Crippen molar-refractivity contribution in [2.24, 2.45) is 5.73 Å². The fraction of sp³-hybridized carbons (Fsp3) is 0.121. The number of amides is 2. The topological polar surface area (TPSA) is 115 Å². The molecule has 0 bridgehead atoms. The van der Waals surface area contributed by atoms with Crippen LogP contribution in [-0.4, -0.2) is 34.0 Å². The number of nitrogens with two attached hydrogens (primary N) is 1. The minimum atomic E-state index is -4.33. The van der Waals surface area contributed by atoms with E-state index in [1.807, 2.05) is 6.07 Å². The standard InChI is InChI=1S/C33H26ClF3N4O4S2/c34-22-8-15-28-26(16-22)27(17-41(28)30(42)29(38)31(43)45-18-20-4-2-1-3-5-20)40-32(44)39-23-9-13-24(14-10-23)46-19-21-6-11-25(12-7-21)47-33(35,36)37/h1-17,29H,18-19,38H2,(H2,39,40,44). The van der Waals surface area contributed by atoms with E-state index in [1.54, 1.807) is 78.9 Å². The Bertz CT molecular complexity index is 1890. The number of nitrogens with one attached hydrogen (secondary N) is 2. The zero-order valence-electron chi connectivity index (χ0n) is 24.3. The largest absolute Gasteiger partial charge is 0.459 e. The Morgan fingerprint density at radius 3 is 2.23 bits per heavy atom. The molecule has 1 unspecified atom stereocenters. The predicted octanol–water partition coefficient (Wildman–Crippen LogP) is 8.55. The van der Waals surface area contributed by atoms with Crippen LogP contribution < -0.4 is 16.4 Å². The molecule has 0 aliphatic rings. The van der Waals surface area contributed by atoms with Crippen LogP contribution >= 0.6 is 35.1 Å². The Morgan fingerprint density at radius 2 is 1.55 bits per heavy atom. The summed E-state index contributed by atoms with van der Waals surface area (Å²) in [6.45, 7) is -0.0449. The van der Waals surface area contributed by atoms with Gasteiger partial charge >= 0.3 is 17.5 Å². The van der Waals surface area contributed by atoms with Gasteiger partial charge in [0.05, 0.1) is 11.2 Å². The summed E-state index contributed by atoms with van der Waals surface area (Å²) in [5, 5.41) is 6.25. The van der Waals surface area contributed by atoms with Crippen LogP contribution in [0.4, 0.5) is 29.3 Å². The summed E-state index contributed by atoms with van der Waals surface area (Å²) in [7, 11) is 0. The molecule has 1 heterocycles. The first kappa shape index (κ1) is 33.9. The number of alkyl halides is 3. The second kappa shape index (κ2) is 15.0. The van der Waals surface area contributed by atoms with Crippen molar-refractivity contribution in [1.29, 1.82) is 0 Å². The number of nitrogens with zero attached hydrogens (tertiary/aromatic N) is 1. The number of ether oxygens (including phenoxy) is 1. The molecule has 0 spiro atoms. The third-order valence-corrected chi connectivity index (χ3v) is 8.73. The van der Waals surface area contributed by atoms with Crippen LogP contribution in [0, 0.1) is 0 Å². The first-order valence-corrected chi connectivity index (χ1v) is 16.1. The quantitative estimate of drug-likeness (QED) is 0.0761. The third kappa shape index (κ3) is 9.32. The Labute approximate surface area is 280 Å². The van der Waals surface area contributed by atoms with Gasteiger partial charge in [0.25, 0.3) is 5.91 Å². The molecular weight excluding hydrogens is 673 g/mol. The van der Waals surface area contributed by atoms with E-state index in [-0.39, 0.29) is 29.0 Å². The molecule has 1 atom stereocenters. The van der Waals surface area contributed by atoms with Crippen molar-refractivity contribution >= 4 is 75.3 Å². The maximum atomic E-state index is 13.3. The molecule has 8 nitrogen and oxygen atoms in total. The Hall–Kier alpha value is -4.43. The van der Waals surface area contributed by atoms with Crippen molar-refractivity contribution in [2.75, 3.05) is 10.6 Å². The number of benzene rings is 4. The van der Waals surface area contributed by atoms with Crippen molar-refractivity contribution in [3.63, 3.8) is 0 Å². The Morgan fingerprint density at radius 1 is 0.872 bits per heavy atom. The number of urea groups is 1. The number of carbonyl (C=O) groups is 3. The number of esters is 1. The molecule has 4 N–H and O–H groups in total. The third-order valence-electron chi connectivity index (χ3n) is 6.67. The minimum Gasteiger partial charge on any atom is -0.459 e. The number of hydrogen-bond acceptors (Lipinski definition) is 7. The van der Waals surface area contributed by atoms with Crippen LogP contribution in [0.3, 0.4) is 0 Å². The zero-order chi connectivity index (χ0) is 33.6. The van der Waals surface area contributed by atoms with Gasteiger partial charge in [-0.25, -0.2) is 9.59 Å². The van der Waals surface area contributed by atoms with Crippen molar-refractivity contribution in [3.05, 3.63) is 119 Å². The fourth-order valence-electron chi connectivity index (χ4n) is 4.43. The summed E-state index contributed by atoms with van der Waals surface area (Å²) < 4.78 is 44.0. The number of halogens is 4. The maximum Gasteiger partial charge on any atom is 0.446 e. The highest BCUT2D eigenvalue weighted by atomic mass is 35.5. The smallest absolute Gasteiger partial charge is 0.446 e. The molecule has 1 aromatic heterocycles. The summed E-state index contributed by atoms with van der Waals surface area (Å²) >= 11 is 7.54.